The van der Waals surface area contributed by atoms with Crippen LogP contribution in [0, 0.1) is 13.8 Å². The van der Waals surface area contributed by atoms with Gasteiger partial charge in [0.05, 0.1) is 24.9 Å². The molecular formula is C16H19N3O2. The van der Waals surface area contributed by atoms with Gasteiger partial charge in [0.15, 0.2) is 0 Å². The molecule has 1 heterocycles. The average Bonchev–Trinajstić information content (AvgIpc) is 2.47. The molecule has 0 radical (unpaired) electrons. The van der Waals surface area contributed by atoms with E-state index in [-0.39, 0.29) is 0 Å². The first-order chi connectivity index (χ1) is 10.0. The van der Waals surface area contributed by atoms with Crippen molar-refractivity contribution in [3.63, 3.8) is 0 Å². The lowest BCUT2D eigenvalue weighted by atomic mass is 10.1. The predicted octanol–water partition coefficient (Wildman–Crippen LogP) is 2.68. The van der Waals surface area contributed by atoms with Gasteiger partial charge in [-0.15, -0.1) is 0 Å². The van der Waals surface area contributed by atoms with E-state index in [0.29, 0.717) is 17.8 Å². The largest absolute Gasteiger partial charge is 0.465 e. The zero-order valence-electron chi connectivity index (χ0n) is 12.4. The number of nitrogens with zero attached hydrogens (tertiary/aromatic N) is 1. The molecule has 5 heteroatoms. The van der Waals surface area contributed by atoms with E-state index in [4.69, 9.17) is 10.5 Å². The van der Waals surface area contributed by atoms with Gasteiger partial charge in [-0.2, -0.15) is 0 Å². The van der Waals surface area contributed by atoms with E-state index in [1.165, 1.54) is 7.11 Å². The highest BCUT2D eigenvalue weighted by Crippen LogP contribution is 2.23. The van der Waals surface area contributed by atoms with Crippen molar-refractivity contribution in [1.82, 2.24) is 4.98 Å². The number of nitrogens with one attached hydrogen (secondary N) is 1. The number of anilines is 2. The van der Waals surface area contributed by atoms with Crippen LogP contribution in [0.2, 0.25) is 0 Å². The summed E-state index contributed by atoms with van der Waals surface area (Å²) < 4.78 is 4.75. The van der Waals surface area contributed by atoms with Gasteiger partial charge in [-0.1, -0.05) is 6.07 Å². The first-order valence-electron chi connectivity index (χ1n) is 6.66. The molecule has 110 valence electrons. The molecule has 0 aliphatic heterocycles. The summed E-state index contributed by atoms with van der Waals surface area (Å²) >= 11 is 0. The third-order valence-corrected chi connectivity index (χ3v) is 3.21. The van der Waals surface area contributed by atoms with Crippen molar-refractivity contribution >= 4 is 17.3 Å². The summed E-state index contributed by atoms with van der Waals surface area (Å²) in [7, 11) is 1.34. The van der Waals surface area contributed by atoms with Gasteiger partial charge in [0, 0.05) is 17.1 Å². The van der Waals surface area contributed by atoms with Crippen LogP contribution in [0.1, 0.15) is 27.3 Å². The maximum atomic E-state index is 11.7. The number of pyridine rings is 1. The number of rotatable bonds is 4. The van der Waals surface area contributed by atoms with Crippen molar-refractivity contribution in [3.8, 4) is 0 Å². The zero-order chi connectivity index (χ0) is 15.4. The van der Waals surface area contributed by atoms with Crippen molar-refractivity contribution in [2.45, 2.75) is 20.4 Å². The van der Waals surface area contributed by atoms with Crippen molar-refractivity contribution in [3.05, 3.63) is 52.8 Å². The SMILES string of the molecule is COC(=O)c1cc(NCc2cccc(C)n2)cc(C)c1N. The van der Waals surface area contributed by atoms with Crippen LogP contribution >= 0.6 is 0 Å². The minimum absolute atomic E-state index is 0.372. The van der Waals surface area contributed by atoms with Gasteiger partial charge in [0.1, 0.15) is 0 Å². The summed E-state index contributed by atoms with van der Waals surface area (Å²) in [6.45, 7) is 4.38. The molecule has 0 aliphatic rings. The van der Waals surface area contributed by atoms with Gasteiger partial charge in [-0.25, -0.2) is 4.79 Å². The van der Waals surface area contributed by atoms with Gasteiger partial charge >= 0.3 is 5.97 Å². The summed E-state index contributed by atoms with van der Waals surface area (Å²) in [5, 5.41) is 3.25. The molecule has 2 aromatic rings. The van der Waals surface area contributed by atoms with Crippen LogP contribution in [-0.4, -0.2) is 18.1 Å². The standard InChI is InChI=1S/C16H19N3O2/c1-10-7-13(8-14(15(10)17)16(20)21-3)18-9-12-6-4-5-11(2)19-12/h4-8,18H,9,17H2,1-3H3. The highest BCUT2D eigenvalue weighted by atomic mass is 16.5. The Morgan fingerprint density at radius 3 is 2.76 bits per heavy atom. The molecule has 5 nitrogen and oxygen atoms in total. The Morgan fingerprint density at radius 2 is 2.10 bits per heavy atom. The Kier molecular flexibility index (Phi) is 4.42. The number of aryl methyl sites for hydroxylation is 2. The molecule has 0 spiro atoms. The third kappa shape index (κ3) is 3.51. The summed E-state index contributed by atoms with van der Waals surface area (Å²) in [5.74, 6) is -0.437. The Morgan fingerprint density at radius 1 is 1.33 bits per heavy atom. The Hall–Kier alpha value is -2.56. The molecule has 21 heavy (non-hydrogen) atoms. The van der Waals surface area contributed by atoms with Crippen molar-refractivity contribution in [1.29, 1.82) is 0 Å². The Labute approximate surface area is 124 Å². The van der Waals surface area contributed by atoms with Crippen LogP contribution in [-0.2, 0) is 11.3 Å². The molecule has 3 N–H and O–H groups in total. The summed E-state index contributed by atoms with van der Waals surface area (Å²) in [6.07, 6.45) is 0. The van der Waals surface area contributed by atoms with Gasteiger partial charge in [0.2, 0.25) is 0 Å². The number of nitrogens with two attached hydrogens (primary N) is 1. The van der Waals surface area contributed by atoms with Crippen LogP contribution in [0.15, 0.2) is 30.3 Å². The van der Waals surface area contributed by atoms with Gasteiger partial charge < -0.3 is 15.8 Å². The minimum atomic E-state index is -0.437. The number of carbonyl (C=O) groups excluding carboxylic acids is 1. The quantitative estimate of drug-likeness (QED) is 0.667. The maximum Gasteiger partial charge on any atom is 0.340 e. The highest BCUT2D eigenvalue weighted by molar-refractivity contribution is 5.97. The molecule has 0 bridgehead atoms. The monoisotopic (exact) mass is 285 g/mol. The molecule has 0 fully saturated rings. The van der Waals surface area contributed by atoms with E-state index in [1.807, 2.05) is 38.1 Å². The maximum absolute atomic E-state index is 11.7. The Bertz CT molecular complexity index is 669. The number of carbonyl (C=O) groups is 1. The van der Waals surface area contributed by atoms with E-state index in [2.05, 4.69) is 10.3 Å². The van der Waals surface area contributed by atoms with Crippen LogP contribution in [0.3, 0.4) is 0 Å². The van der Waals surface area contributed by atoms with E-state index in [1.54, 1.807) is 6.07 Å². The van der Waals surface area contributed by atoms with E-state index in [0.717, 1.165) is 22.6 Å². The topological polar surface area (TPSA) is 77.2 Å². The van der Waals surface area contributed by atoms with Gasteiger partial charge in [-0.05, 0) is 43.7 Å². The molecule has 0 atom stereocenters. The van der Waals surface area contributed by atoms with Crippen LogP contribution in [0.25, 0.3) is 0 Å². The number of aromatic nitrogens is 1. The fourth-order valence-corrected chi connectivity index (χ4v) is 2.07. The second kappa shape index (κ2) is 6.26. The van der Waals surface area contributed by atoms with Gasteiger partial charge in [0.25, 0.3) is 0 Å². The molecule has 2 rings (SSSR count). The van der Waals surface area contributed by atoms with Crippen molar-refractivity contribution in [2.24, 2.45) is 0 Å². The van der Waals surface area contributed by atoms with Crippen LogP contribution in [0.5, 0.6) is 0 Å². The van der Waals surface area contributed by atoms with E-state index >= 15 is 0 Å². The third-order valence-electron chi connectivity index (χ3n) is 3.21. The lowest BCUT2D eigenvalue weighted by Gasteiger charge is -2.12. The summed E-state index contributed by atoms with van der Waals surface area (Å²) in [6, 6.07) is 9.46. The zero-order valence-corrected chi connectivity index (χ0v) is 12.4. The molecule has 1 aromatic heterocycles. The Balaban J connectivity index is 2.21. The fraction of sp³-hybridized carbons (Fsp3) is 0.250. The van der Waals surface area contributed by atoms with Crippen LogP contribution in [0.4, 0.5) is 11.4 Å². The molecule has 0 aliphatic carbocycles. The molecule has 0 saturated heterocycles. The number of nitrogen functional groups attached to an aromatic ring is 1. The summed E-state index contributed by atoms with van der Waals surface area (Å²) in [5.41, 5.74) is 10.3. The molecule has 0 saturated carbocycles. The van der Waals surface area contributed by atoms with E-state index < -0.39 is 5.97 Å². The normalized spacial score (nSPS) is 10.2. The second-order valence-corrected chi connectivity index (χ2v) is 4.87. The number of benzene rings is 1. The first-order valence-corrected chi connectivity index (χ1v) is 6.66. The van der Waals surface area contributed by atoms with E-state index in [9.17, 15) is 4.79 Å². The minimum Gasteiger partial charge on any atom is -0.465 e. The van der Waals surface area contributed by atoms with Gasteiger partial charge in [-0.3, -0.25) is 4.98 Å². The highest BCUT2D eigenvalue weighted by Gasteiger charge is 2.13. The number of methoxy groups -OCH3 is 1. The molecule has 0 amide bonds. The lowest BCUT2D eigenvalue weighted by molar-refractivity contribution is 0.0602. The lowest BCUT2D eigenvalue weighted by Crippen LogP contribution is -2.09. The molecule has 1 aromatic carbocycles. The average molecular weight is 285 g/mol. The fourth-order valence-electron chi connectivity index (χ4n) is 2.07. The number of esters is 1. The van der Waals surface area contributed by atoms with Crippen LogP contribution < -0.4 is 11.1 Å². The van der Waals surface area contributed by atoms with Crippen molar-refractivity contribution in [2.75, 3.05) is 18.2 Å². The molecular weight excluding hydrogens is 266 g/mol. The molecule has 0 unspecified atom stereocenters. The second-order valence-electron chi connectivity index (χ2n) is 4.87. The first kappa shape index (κ1) is 14.8. The summed E-state index contributed by atoms with van der Waals surface area (Å²) in [4.78, 5) is 16.1. The smallest absolute Gasteiger partial charge is 0.340 e. The number of ether oxygens (including phenoxy) is 1. The number of hydrogen-bond donors (Lipinski definition) is 2. The number of hydrogen-bond acceptors (Lipinski definition) is 5. The predicted molar refractivity (Wildman–Crippen MR) is 83.2 cm³/mol. The van der Waals surface area contributed by atoms with Crippen molar-refractivity contribution < 1.29 is 9.53 Å².